The molecule has 13 heavy (non-hydrogen) atoms. The minimum atomic E-state index is -0.369. The number of likely N-dealkylation sites (N-methyl/N-ethyl adjacent to an activating group) is 1. The van der Waals surface area contributed by atoms with Gasteiger partial charge in [0.15, 0.2) is 0 Å². The number of rotatable bonds is 4. The summed E-state index contributed by atoms with van der Waals surface area (Å²) in [4.78, 5) is 2.09. The summed E-state index contributed by atoms with van der Waals surface area (Å²) in [6.07, 6.45) is -0.369. The molecule has 0 saturated carbocycles. The minimum absolute atomic E-state index is 0.369. The van der Waals surface area contributed by atoms with Crippen LogP contribution in [-0.2, 0) is 0 Å². The molecule has 1 aromatic rings. The fraction of sp³-hybridized carbons (Fsp3) is 0.455. The SMILES string of the molecule is CCN(C)C[C@H](O)c1ccccc1. The fourth-order valence-corrected chi connectivity index (χ4v) is 1.20. The second kappa shape index (κ2) is 5.00. The van der Waals surface area contributed by atoms with Gasteiger partial charge in [0.05, 0.1) is 6.10 Å². The lowest BCUT2D eigenvalue weighted by atomic mass is 10.1. The Bertz CT molecular complexity index is 235. The van der Waals surface area contributed by atoms with Gasteiger partial charge < -0.3 is 10.0 Å². The van der Waals surface area contributed by atoms with E-state index >= 15 is 0 Å². The van der Waals surface area contributed by atoms with Crippen molar-refractivity contribution in [1.29, 1.82) is 0 Å². The first-order chi connectivity index (χ1) is 6.24. The summed E-state index contributed by atoms with van der Waals surface area (Å²) in [7, 11) is 2.01. The quantitative estimate of drug-likeness (QED) is 0.760. The van der Waals surface area contributed by atoms with Gasteiger partial charge in [0.2, 0.25) is 0 Å². The van der Waals surface area contributed by atoms with Gasteiger partial charge in [-0.2, -0.15) is 0 Å². The van der Waals surface area contributed by atoms with Crippen molar-refractivity contribution < 1.29 is 5.11 Å². The molecule has 0 bridgehead atoms. The van der Waals surface area contributed by atoms with Gasteiger partial charge in [-0.3, -0.25) is 0 Å². The molecule has 2 nitrogen and oxygen atoms in total. The Morgan fingerprint density at radius 3 is 2.46 bits per heavy atom. The third-order valence-electron chi connectivity index (χ3n) is 2.21. The lowest BCUT2D eigenvalue weighted by Gasteiger charge is -2.18. The van der Waals surface area contributed by atoms with Gasteiger partial charge in [-0.1, -0.05) is 37.3 Å². The number of aliphatic hydroxyl groups excluding tert-OH is 1. The van der Waals surface area contributed by atoms with E-state index in [-0.39, 0.29) is 6.10 Å². The molecular weight excluding hydrogens is 162 g/mol. The van der Waals surface area contributed by atoms with E-state index < -0.39 is 0 Å². The zero-order valence-corrected chi connectivity index (χ0v) is 8.27. The van der Waals surface area contributed by atoms with E-state index in [1.807, 2.05) is 37.4 Å². The van der Waals surface area contributed by atoms with E-state index in [9.17, 15) is 5.11 Å². The van der Waals surface area contributed by atoms with Crippen molar-refractivity contribution in [2.75, 3.05) is 20.1 Å². The van der Waals surface area contributed by atoms with Crippen LogP contribution < -0.4 is 0 Å². The van der Waals surface area contributed by atoms with Crippen molar-refractivity contribution >= 4 is 0 Å². The lowest BCUT2D eigenvalue weighted by Crippen LogP contribution is -2.24. The zero-order chi connectivity index (χ0) is 9.68. The summed E-state index contributed by atoms with van der Waals surface area (Å²) in [5, 5.41) is 9.78. The van der Waals surface area contributed by atoms with Crippen LogP contribution in [0.15, 0.2) is 30.3 Å². The molecule has 0 unspecified atom stereocenters. The van der Waals surface area contributed by atoms with Crippen LogP contribution in [0.3, 0.4) is 0 Å². The van der Waals surface area contributed by atoms with Crippen LogP contribution in [0.4, 0.5) is 0 Å². The van der Waals surface area contributed by atoms with E-state index in [0.29, 0.717) is 6.54 Å². The first kappa shape index (κ1) is 10.2. The van der Waals surface area contributed by atoms with Gasteiger partial charge in [0.25, 0.3) is 0 Å². The highest BCUT2D eigenvalue weighted by Gasteiger charge is 2.08. The molecule has 0 amide bonds. The second-order valence-corrected chi connectivity index (χ2v) is 3.28. The highest BCUT2D eigenvalue weighted by atomic mass is 16.3. The maximum Gasteiger partial charge on any atom is 0.0916 e. The Kier molecular flexibility index (Phi) is 3.93. The third-order valence-corrected chi connectivity index (χ3v) is 2.21. The Hall–Kier alpha value is -0.860. The monoisotopic (exact) mass is 179 g/mol. The van der Waals surface area contributed by atoms with Crippen molar-refractivity contribution in [3.8, 4) is 0 Å². The zero-order valence-electron chi connectivity index (χ0n) is 8.27. The Balaban J connectivity index is 2.53. The number of hydrogen-bond acceptors (Lipinski definition) is 2. The summed E-state index contributed by atoms with van der Waals surface area (Å²) in [5.74, 6) is 0. The van der Waals surface area contributed by atoms with Crippen LogP contribution in [0.25, 0.3) is 0 Å². The predicted octanol–water partition coefficient (Wildman–Crippen LogP) is 1.67. The molecule has 0 aliphatic rings. The van der Waals surface area contributed by atoms with Crippen molar-refractivity contribution in [2.45, 2.75) is 13.0 Å². The summed E-state index contributed by atoms with van der Waals surface area (Å²) in [6.45, 7) is 3.74. The summed E-state index contributed by atoms with van der Waals surface area (Å²) in [5.41, 5.74) is 0.989. The molecule has 1 rings (SSSR count). The van der Waals surface area contributed by atoms with Crippen LogP contribution >= 0.6 is 0 Å². The van der Waals surface area contributed by atoms with Crippen molar-refractivity contribution in [2.24, 2.45) is 0 Å². The minimum Gasteiger partial charge on any atom is -0.387 e. The second-order valence-electron chi connectivity index (χ2n) is 3.28. The molecule has 0 radical (unpaired) electrons. The molecule has 0 aromatic heterocycles. The maximum absolute atomic E-state index is 9.78. The molecule has 0 spiro atoms. The molecule has 72 valence electrons. The van der Waals surface area contributed by atoms with E-state index in [1.165, 1.54) is 0 Å². The van der Waals surface area contributed by atoms with E-state index in [0.717, 1.165) is 12.1 Å². The van der Waals surface area contributed by atoms with Crippen LogP contribution in [0.5, 0.6) is 0 Å². The van der Waals surface area contributed by atoms with E-state index in [4.69, 9.17) is 0 Å². The first-order valence-corrected chi connectivity index (χ1v) is 4.65. The van der Waals surface area contributed by atoms with Gasteiger partial charge in [-0.15, -0.1) is 0 Å². The van der Waals surface area contributed by atoms with E-state index in [1.54, 1.807) is 0 Å². The number of benzene rings is 1. The summed E-state index contributed by atoms with van der Waals surface area (Å²) < 4.78 is 0. The molecule has 1 atom stereocenters. The van der Waals surface area contributed by atoms with Gasteiger partial charge in [-0.05, 0) is 19.2 Å². The first-order valence-electron chi connectivity index (χ1n) is 4.65. The fourth-order valence-electron chi connectivity index (χ4n) is 1.20. The van der Waals surface area contributed by atoms with Crippen LogP contribution in [0, 0.1) is 0 Å². The van der Waals surface area contributed by atoms with Gasteiger partial charge in [0, 0.05) is 6.54 Å². The standard InChI is InChI=1S/C11H17NO/c1-3-12(2)9-11(13)10-7-5-4-6-8-10/h4-8,11,13H,3,9H2,1-2H3/t11-/m0/s1. The number of aliphatic hydroxyl groups is 1. The van der Waals surface area contributed by atoms with Crippen molar-refractivity contribution in [3.63, 3.8) is 0 Å². The molecule has 0 aliphatic heterocycles. The smallest absolute Gasteiger partial charge is 0.0916 e. The average Bonchev–Trinajstić information content (AvgIpc) is 2.19. The lowest BCUT2D eigenvalue weighted by molar-refractivity contribution is 0.129. The molecule has 0 saturated heterocycles. The topological polar surface area (TPSA) is 23.5 Å². The molecule has 1 N–H and O–H groups in total. The largest absolute Gasteiger partial charge is 0.387 e. The Labute approximate surface area is 79.8 Å². The molecule has 1 aromatic carbocycles. The molecule has 0 aliphatic carbocycles. The Morgan fingerprint density at radius 1 is 1.31 bits per heavy atom. The van der Waals surface area contributed by atoms with E-state index in [2.05, 4.69) is 11.8 Å². The van der Waals surface area contributed by atoms with Crippen LogP contribution in [-0.4, -0.2) is 30.1 Å². The van der Waals surface area contributed by atoms with Crippen molar-refractivity contribution in [3.05, 3.63) is 35.9 Å². The van der Waals surface area contributed by atoms with Crippen LogP contribution in [0.1, 0.15) is 18.6 Å². The highest BCUT2D eigenvalue weighted by Crippen LogP contribution is 2.12. The van der Waals surface area contributed by atoms with Crippen molar-refractivity contribution in [1.82, 2.24) is 4.90 Å². The van der Waals surface area contributed by atoms with Gasteiger partial charge >= 0.3 is 0 Å². The predicted molar refractivity (Wildman–Crippen MR) is 54.6 cm³/mol. The Morgan fingerprint density at radius 2 is 1.92 bits per heavy atom. The number of nitrogens with zero attached hydrogens (tertiary/aromatic N) is 1. The van der Waals surface area contributed by atoms with Crippen LogP contribution in [0.2, 0.25) is 0 Å². The normalized spacial score (nSPS) is 13.2. The average molecular weight is 179 g/mol. The maximum atomic E-state index is 9.78. The molecule has 0 heterocycles. The molecular formula is C11H17NO. The number of hydrogen-bond donors (Lipinski definition) is 1. The molecule has 2 heteroatoms. The summed E-state index contributed by atoms with van der Waals surface area (Å²) >= 11 is 0. The highest BCUT2D eigenvalue weighted by molar-refractivity contribution is 5.17. The third kappa shape index (κ3) is 3.17. The van der Waals surface area contributed by atoms with Gasteiger partial charge in [0.1, 0.15) is 0 Å². The summed E-state index contributed by atoms with van der Waals surface area (Å²) in [6, 6.07) is 9.76. The molecule has 0 fully saturated rings. The van der Waals surface area contributed by atoms with Gasteiger partial charge in [-0.25, -0.2) is 0 Å².